The number of rotatable bonds is 4. The van der Waals surface area contributed by atoms with Gasteiger partial charge < -0.3 is 15.7 Å². The second kappa shape index (κ2) is 7.71. The summed E-state index contributed by atoms with van der Waals surface area (Å²) < 4.78 is 0. The number of phenols is 1. The molecule has 1 saturated carbocycles. The molecule has 0 spiro atoms. The van der Waals surface area contributed by atoms with Gasteiger partial charge in [0.15, 0.2) is 5.96 Å². The molecule has 112 valence electrons. The highest BCUT2D eigenvalue weighted by atomic mass is 127. The smallest absolute Gasteiger partial charge is 0.191 e. The molecule has 0 aliphatic heterocycles. The first-order valence-electron chi connectivity index (χ1n) is 6.94. The molecule has 0 atom stereocenters. The monoisotopic (exact) mass is 389 g/mol. The van der Waals surface area contributed by atoms with E-state index in [1.54, 1.807) is 0 Å². The molecule has 0 aromatic heterocycles. The highest BCUT2D eigenvalue weighted by Gasteiger charge is 2.22. The van der Waals surface area contributed by atoms with Gasteiger partial charge in [0.25, 0.3) is 0 Å². The molecule has 0 amide bonds. The van der Waals surface area contributed by atoms with Crippen LogP contribution in [-0.2, 0) is 6.54 Å². The van der Waals surface area contributed by atoms with E-state index < -0.39 is 0 Å². The second-order valence-electron chi connectivity index (χ2n) is 5.19. The Labute approximate surface area is 138 Å². The Bertz CT molecular complexity index is 461. The summed E-state index contributed by atoms with van der Waals surface area (Å²) in [4.78, 5) is 4.59. The van der Waals surface area contributed by atoms with Crippen molar-refractivity contribution in [3.63, 3.8) is 0 Å². The summed E-state index contributed by atoms with van der Waals surface area (Å²) in [7, 11) is 0. The zero-order chi connectivity index (χ0) is 13.8. The van der Waals surface area contributed by atoms with E-state index >= 15 is 0 Å². The molecule has 1 aromatic rings. The maximum absolute atomic E-state index is 9.76. The molecule has 0 unspecified atom stereocenters. The van der Waals surface area contributed by atoms with Gasteiger partial charge in [-0.2, -0.15) is 0 Å². The number of benzene rings is 1. The maximum Gasteiger partial charge on any atom is 0.191 e. The van der Waals surface area contributed by atoms with Crippen molar-refractivity contribution in [2.75, 3.05) is 6.54 Å². The Morgan fingerprint density at radius 2 is 1.90 bits per heavy atom. The Morgan fingerprint density at radius 1 is 1.30 bits per heavy atom. The summed E-state index contributed by atoms with van der Waals surface area (Å²) in [5, 5.41) is 16.4. The minimum atomic E-state index is 0. The lowest BCUT2D eigenvalue weighted by Crippen LogP contribution is -2.38. The van der Waals surface area contributed by atoms with Gasteiger partial charge in [-0.3, -0.25) is 0 Å². The molecule has 5 heteroatoms. The van der Waals surface area contributed by atoms with Crippen molar-refractivity contribution in [2.45, 2.75) is 46.2 Å². The molecule has 3 N–H and O–H groups in total. The average Bonchev–Trinajstić information content (AvgIpc) is 3.17. The highest BCUT2D eigenvalue weighted by molar-refractivity contribution is 14.0. The Balaban J connectivity index is 0.00000200. The minimum absolute atomic E-state index is 0. The molecule has 0 bridgehead atoms. The number of nitrogens with one attached hydrogen (secondary N) is 2. The zero-order valence-corrected chi connectivity index (χ0v) is 14.7. The van der Waals surface area contributed by atoms with Gasteiger partial charge >= 0.3 is 0 Å². The van der Waals surface area contributed by atoms with E-state index in [-0.39, 0.29) is 24.0 Å². The number of hydrogen-bond donors (Lipinski definition) is 3. The number of hydrogen-bond acceptors (Lipinski definition) is 2. The second-order valence-corrected chi connectivity index (χ2v) is 5.19. The fourth-order valence-corrected chi connectivity index (χ4v) is 2.05. The zero-order valence-electron chi connectivity index (χ0n) is 12.4. The molecule has 1 aliphatic carbocycles. The SMILES string of the molecule is CCNC(=NCc1cc(C)c(O)c(C)c1)NC1CC1.I. The lowest BCUT2D eigenvalue weighted by molar-refractivity contribution is 0.466. The third-order valence-corrected chi connectivity index (χ3v) is 3.23. The van der Waals surface area contributed by atoms with Gasteiger partial charge in [-0.05, 0) is 50.3 Å². The van der Waals surface area contributed by atoms with Crippen LogP contribution in [0.4, 0.5) is 0 Å². The van der Waals surface area contributed by atoms with Crippen molar-refractivity contribution in [1.82, 2.24) is 10.6 Å². The largest absolute Gasteiger partial charge is 0.507 e. The summed E-state index contributed by atoms with van der Waals surface area (Å²) in [6.45, 7) is 7.40. The first kappa shape index (κ1) is 17.1. The van der Waals surface area contributed by atoms with Crippen LogP contribution in [0.15, 0.2) is 17.1 Å². The predicted molar refractivity (Wildman–Crippen MR) is 94.0 cm³/mol. The summed E-state index contributed by atoms with van der Waals surface area (Å²) in [6.07, 6.45) is 2.48. The van der Waals surface area contributed by atoms with E-state index in [2.05, 4.69) is 22.5 Å². The van der Waals surface area contributed by atoms with Gasteiger partial charge in [-0.15, -0.1) is 24.0 Å². The molecule has 0 radical (unpaired) electrons. The number of aliphatic imine (C=N–C) groups is 1. The van der Waals surface area contributed by atoms with Gasteiger partial charge in [0, 0.05) is 12.6 Å². The van der Waals surface area contributed by atoms with Gasteiger partial charge in [-0.25, -0.2) is 4.99 Å². The van der Waals surface area contributed by atoms with Crippen molar-refractivity contribution < 1.29 is 5.11 Å². The molecule has 0 saturated heterocycles. The average molecular weight is 389 g/mol. The molecular formula is C15H24IN3O. The lowest BCUT2D eigenvalue weighted by atomic mass is 10.1. The fourth-order valence-electron chi connectivity index (χ4n) is 2.05. The highest BCUT2D eigenvalue weighted by Crippen LogP contribution is 2.23. The number of nitrogens with zero attached hydrogens (tertiary/aromatic N) is 1. The molecular weight excluding hydrogens is 365 g/mol. The Hall–Kier alpha value is -0.980. The van der Waals surface area contributed by atoms with Gasteiger partial charge in [-0.1, -0.05) is 12.1 Å². The topological polar surface area (TPSA) is 56.7 Å². The van der Waals surface area contributed by atoms with Gasteiger partial charge in [0.2, 0.25) is 0 Å². The van der Waals surface area contributed by atoms with Crippen LogP contribution in [-0.4, -0.2) is 23.7 Å². The molecule has 1 fully saturated rings. The summed E-state index contributed by atoms with van der Waals surface area (Å²) >= 11 is 0. The summed E-state index contributed by atoms with van der Waals surface area (Å²) in [5.74, 6) is 1.27. The van der Waals surface area contributed by atoms with Gasteiger partial charge in [0.1, 0.15) is 5.75 Å². The predicted octanol–water partition coefficient (Wildman–Crippen LogP) is 2.84. The summed E-state index contributed by atoms with van der Waals surface area (Å²) in [5.41, 5.74) is 2.94. The van der Waals surface area contributed by atoms with Crippen molar-refractivity contribution in [2.24, 2.45) is 4.99 Å². The summed E-state index contributed by atoms with van der Waals surface area (Å²) in [6, 6.07) is 4.58. The van der Waals surface area contributed by atoms with Crippen LogP contribution in [0.1, 0.15) is 36.5 Å². The van der Waals surface area contributed by atoms with E-state index in [0.717, 1.165) is 29.2 Å². The first-order chi connectivity index (χ1) is 9.10. The first-order valence-corrected chi connectivity index (χ1v) is 6.94. The number of guanidine groups is 1. The quantitative estimate of drug-likeness (QED) is 0.422. The minimum Gasteiger partial charge on any atom is -0.507 e. The number of aromatic hydroxyl groups is 1. The van der Waals surface area contributed by atoms with E-state index in [0.29, 0.717) is 18.3 Å². The van der Waals surface area contributed by atoms with Crippen LogP contribution in [0.5, 0.6) is 5.75 Å². The molecule has 2 rings (SSSR count). The van der Waals surface area contributed by atoms with Gasteiger partial charge in [0.05, 0.1) is 6.54 Å². The van der Waals surface area contributed by atoms with Crippen LogP contribution in [0.25, 0.3) is 0 Å². The molecule has 1 aromatic carbocycles. The number of phenolic OH excluding ortho intramolecular Hbond substituents is 1. The van der Waals surface area contributed by atoms with E-state index in [1.165, 1.54) is 12.8 Å². The third kappa shape index (κ3) is 4.85. The Kier molecular flexibility index (Phi) is 6.58. The van der Waals surface area contributed by atoms with Crippen LogP contribution in [0.2, 0.25) is 0 Å². The van der Waals surface area contributed by atoms with Crippen molar-refractivity contribution in [1.29, 1.82) is 0 Å². The number of aryl methyl sites for hydroxylation is 2. The van der Waals surface area contributed by atoms with Crippen LogP contribution >= 0.6 is 24.0 Å². The van der Waals surface area contributed by atoms with Crippen LogP contribution in [0, 0.1) is 13.8 Å². The molecule has 0 heterocycles. The van der Waals surface area contributed by atoms with E-state index in [1.807, 2.05) is 26.0 Å². The van der Waals surface area contributed by atoms with Crippen molar-refractivity contribution >= 4 is 29.9 Å². The van der Waals surface area contributed by atoms with Crippen LogP contribution in [0.3, 0.4) is 0 Å². The maximum atomic E-state index is 9.76. The third-order valence-electron chi connectivity index (χ3n) is 3.23. The van der Waals surface area contributed by atoms with E-state index in [9.17, 15) is 5.11 Å². The normalized spacial score (nSPS) is 14.7. The molecule has 4 nitrogen and oxygen atoms in total. The van der Waals surface area contributed by atoms with Crippen molar-refractivity contribution in [3.8, 4) is 5.75 Å². The number of halogens is 1. The standard InChI is InChI=1S/C15H23N3O.HI/c1-4-16-15(18-13-5-6-13)17-9-12-7-10(2)14(19)11(3)8-12;/h7-8,13,19H,4-6,9H2,1-3H3,(H2,16,17,18);1H. The van der Waals surface area contributed by atoms with E-state index in [4.69, 9.17) is 0 Å². The van der Waals surface area contributed by atoms with Crippen LogP contribution < -0.4 is 10.6 Å². The molecule has 1 aliphatic rings. The lowest BCUT2D eigenvalue weighted by Gasteiger charge is -2.11. The fraction of sp³-hybridized carbons (Fsp3) is 0.533. The Morgan fingerprint density at radius 3 is 2.40 bits per heavy atom. The molecule has 20 heavy (non-hydrogen) atoms. The van der Waals surface area contributed by atoms with Crippen molar-refractivity contribution in [3.05, 3.63) is 28.8 Å².